The molecule has 0 bridgehead atoms. The molecule has 1 saturated heterocycles. The van der Waals surface area contributed by atoms with Crippen LogP contribution in [0, 0.1) is 5.41 Å². The minimum atomic E-state index is -0.551. The lowest BCUT2D eigenvalue weighted by atomic mass is 9.82. The molecule has 0 aliphatic carbocycles. The average Bonchev–Trinajstić information content (AvgIpc) is 2.37. The largest absolute Gasteiger partial charge is 0.381 e. The fourth-order valence-corrected chi connectivity index (χ4v) is 2.71. The van der Waals surface area contributed by atoms with Crippen molar-refractivity contribution in [2.75, 3.05) is 19.0 Å². The maximum atomic E-state index is 11.7. The van der Waals surface area contributed by atoms with Gasteiger partial charge in [-0.2, -0.15) is 12.6 Å². The molecule has 0 spiro atoms. The van der Waals surface area contributed by atoms with Crippen LogP contribution < -0.4 is 11.2 Å². The Hall–Kier alpha value is -0.720. The van der Waals surface area contributed by atoms with Gasteiger partial charge in [0.15, 0.2) is 0 Å². The molecule has 18 heavy (non-hydrogen) atoms. The molecule has 1 N–H and O–H groups in total. The first-order valence-electron chi connectivity index (χ1n) is 5.74. The molecule has 2 heterocycles. The number of H-pyrrole nitrogens is 1. The lowest BCUT2D eigenvalue weighted by molar-refractivity contribution is 0.0175. The number of halogens is 1. The third kappa shape index (κ3) is 2.81. The quantitative estimate of drug-likeness (QED) is 0.814. The third-order valence-corrected chi connectivity index (χ3v) is 4.30. The van der Waals surface area contributed by atoms with Crippen LogP contribution >= 0.6 is 24.2 Å². The summed E-state index contributed by atoms with van der Waals surface area (Å²) in [6.45, 7) is 1.84. The number of rotatable bonds is 3. The van der Waals surface area contributed by atoms with Gasteiger partial charge in [0.1, 0.15) is 5.02 Å². The first-order chi connectivity index (χ1) is 8.56. The number of thiol groups is 1. The summed E-state index contributed by atoms with van der Waals surface area (Å²) in [5, 5.41) is 0.0240. The van der Waals surface area contributed by atoms with E-state index < -0.39 is 11.2 Å². The Labute approximate surface area is 115 Å². The molecule has 2 rings (SSSR count). The molecule has 5 nitrogen and oxygen atoms in total. The summed E-state index contributed by atoms with van der Waals surface area (Å²) in [5.74, 6) is 0.666. The van der Waals surface area contributed by atoms with E-state index in [4.69, 9.17) is 16.3 Å². The fraction of sp³-hybridized carbons (Fsp3) is 0.636. The highest BCUT2D eigenvalue weighted by Crippen LogP contribution is 2.33. The maximum Gasteiger partial charge on any atom is 0.328 e. The molecule has 0 unspecified atom stereocenters. The minimum absolute atomic E-state index is 0.0240. The molecule has 7 heteroatoms. The van der Waals surface area contributed by atoms with Crippen molar-refractivity contribution in [2.45, 2.75) is 19.4 Å². The Bertz CT molecular complexity index is 534. The molecule has 1 aliphatic heterocycles. The standard InChI is InChI=1S/C11H15ClN2O3S/c12-8-5-14(10(16)13-9(8)15)6-11(7-18)1-3-17-4-2-11/h5,18H,1-4,6-7H2,(H,13,15,16). The highest BCUT2D eigenvalue weighted by molar-refractivity contribution is 7.80. The number of aromatic nitrogens is 2. The van der Waals surface area contributed by atoms with Crippen LogP contribution in [0.2, 0.25) is 5.02 Å². The van der Waals surface area contributed by atoms with E-state index in [-0.39, 0.29) is 10.4 Å². The van der Waals surface area contributed by atoms with Crippen molar-refractivity contribution in [3.63, 3.8) is 0 Å². The minimum Gasteiger partial charge on any atom is -0.381 e. The lowest BCUT2D eigenvalue weighted by Gasteiger charge is -2.36. The number of nitrogens with zero attached hydrogens (tertiary/aromatic N) is 1. The predicted octanol–water partition coefficient (Wildman–Crippen LogP) is 0.917. The van der Waals surface area contributed by atoms with Gasteiger partial charge in [-0.3, -0.25) is 14.3 Å². The van der Waals surface area contributed by atoms with Crippen LogP contribution in [0.25, 0.3) is 0 Å². The summed E-state index contributed by atoms with van der Waals surface area (Å²) in [6.07, 6.45) is 3.09. The number of nitrogens with one attached hydrogen (secondary N) is 1. The highest BCUT2D eigenvalue weighted by Gasteiger charge is 2.32. The van der Waals surface area contributed by atoms with E-state index >= 15 is 0 Å². The van der Waals surface area contributed by atoms with E-state index in [0.29, 0.717) is 25.5 Å². The molecule has 100 valence electrons. The average molecular weight is 291 g/mol. The molecule has 1 aromatic heterocycles. The van der Waals surface area contributed by atoms with Gasteiger partial charge in [0.05, 0.1) is 0 Å². The van der Waals surface area contributed by atoms with Crippen LogP contribution in [-0.2, 0) is 11.3 Å². The predicted molar refractivity (Wildman–Crippen MR) is 72.7 cm³/mol. The summed E-state index contributed by atoms with van der Waals surface area (Å²) < 4.78 is 6.78. The van der Waals surface area contributed by atoms with Crippen molar-refractivity contribution in [1.29, 1.82) is 0 Å². The van der Waals surface area contributed by atoms with E-state index in [9.17, 15) is 9.59 Å². The Morgan fingerprint density at radius 2 is 2.11 bits per heavy atom. The second-order valence-electron chi connectivity index (χ2n) is 4.63. The number of hydrogen-bond acceptors (Lipinski definition) is 4. The summed E-state index contributed by atoms with van der Waals surface area (Å²) >= 11 is 10.1. The lowest BCUT2D eigenvalue weighted by Crippen LogP contribution is -2.40. The molecule has 0 amide bonds. The number of aromatic amines is 1. The fourth-order valence-electron chi connectivity index (χ4n) is 2.13. The van der Waals surface area contributed by atoms with Crippen molar-refractivity contribution in [3.8, 4) is 0 Å². The molecule has 0 radical (unpaired) electrons. The summed E-state index contributed by atoms with van der Waals surface area (Å²) in [4.78, 5) is 25.1. The zero-order valence-corrected chi connectivity index (χ0v) is 11.5. The van der Waals surface area contributed by atoms with Gasteiger partial charge in [-0.1, -0.05) is 11.6 Å². The normalized spacial score (nSPS) is 18.8. The van der Waals surface area contributed by atoms with E-state index in [1.165, 1.54) is 10.8 Å². The van der Waals surface area contributed by atoms with Gasteiger partial charge in [-0.05, 0) is 18.6 Å². The molecule has 1 fully saturated rings. The van der Waals surface area contributed by atoms with E-state index in [2.05, 4.69) is 17.6 Å². The highest BCUT2D eigenvalue weighted by atomic mass is 35.5. The van der Waals surface area contributed by atoms with Crippen molar-refractivity contribution >= 4 is 24.2 Å². The van der Waals surface area contributed by atoms with E-state index in [1.54, 1.807) is 0 Å². The Morgan fingerprint density at radius 3 is 2.72 bits per heavy atom. The van der Waals surface area contributed by atoms with Gasteiger partial charge >= 0.3 is 5.69 Å². The Morgan fingerprint density at radius 1 is 1.44 bits per heavy atom. The van der Waals surface area contributed by atoms with Gasteiger partial charge in [-0.15, -0.1) is 0 Å². The van der Waals surface area contributed by atoms with Crippen LogP contribution in [0.4, 0.5) is 0 Å². The third-order valence-electron chi connectivity index (χ3n) is 3.36. The summed E-state index contributed by atoms with van der Waals surface area (Å²) in [7, 11) is 0. The van der Waals surface area contributed by atoms with Crippen molar-refractivity contribution in [2.24, 2.45) is 5.41 Å². The zero-order valence-electron chi connectivity index (χ0n) is 9.82. The van der Waals surface area contributed by atoms with Gasteiger partial charge in [-0.25, -0.2) is 4.79 Å². The number of ether oxygens (including phenoxy) is 1. The first kappa shape index (κ1) is 13.7. The topological polar surface area (TPSA) is 64.1 Å². The summed E-state index contributed by atoms with van der Waals surface area (Å²) in [6, 6.07) is 0. The molecular weight excluding hydrogens is 276 g/mol. The van der Waals surface area contributed by atoms with Crippen molar-refractivity contribution < 1.29 is 4.74 Å². The van der Waals surface area contributed by atoms with Crippen molar-refractivity contribution in [1.82, 2.24) is 9.55 Å². The van der Waals surface area contributed by atoms with Gasteiger partial charge in [0, 0.05) is 31.4 Å². The van der Waals surface area contributed by atoms with Crippen LogP contribution in [-0.4, -0.2) is 28.5 Å². The summed E-state index contributed by atoms with van der Waals surface area (Å²) in [5.41, 5.74) is -1.06. The maximum absolute atomic E-state index is 11.7. The molecule has 0 aromatic carbocycles. The first-order valence-corrected chi connectivity index (χ1v) is 6.75. The zero-order chi connectivity index (χ0) is 13.2. The van der Waals surface area contributed by atoms with Crippen LogP contribution in [0.3, 0.4) is 0 Å². The second-order valence-corrected chi connectivity index (χ2v) is 5.36. The number of hydrogen-bond donors (Lipinski definition) is 2. The molecular formula is C11H15ClN2O3S. The van der Waals surface area contributed by atoms with Crippen molar-refractivity contribution in [3.05, 3.63) is 32.1 Å². The van der Waals surface area contributed by atoms with E-state index in [0.717, 1.165) is 12.8 Å². The monoisotopic (exact) mass is 290 g/mol. The van der Waals surface area contributed by atoms with Gasteiger partial charge < -0.3 is 4.74 Å². The molecule has 0 saturated carbocycles. The second kappa shape index (κ2) is 5.50. The SMILES string of the molecule is O=c1[nH]c(=O)n(CC2(CS)CCOCC2)cc1Cl. The van der Waals surface area contributed by atoms with Gasteiger partial charge in [0.25, 0.3) is 5.56 Å². The van der Waals surface area contributed by atoms with Crippen LogP contribution in [0.5, 0.6) is 0 Å². The van der Waals surface area contributed by atoms with Crippen LogP contribution in [0.15, 0.2) is 15.8 Å². The Balaban J connectivity index is 2.29. The van der Waals surface area contributed by atoms with E-state index in [1.807, 2.05) is 0 Å². The molecule has 0 atom stereocenters. The smallest absolute Gasteiger partial charge is 0.328 e. The Kier molecular flexibility index (Phi) is 4.19. The molecule has 1 aromatic rings. The van der Waals surface area contributed by atoms with Crippen LogP contribution in [0.1, 0.15) is 12.8 Å². The molecule has 1 aliphatic rings. The van der Waals surface area contributed by atoms with Gasteiger partial charge in [0.2, 0.25) is 0 Å².